The summed E-state index contributed by atoms with van der Waals surface area (Å²) in [4.78, 5) is 15.0. The van der Waals surface area contributed by atoms with Crippen molar-refractivity contribution in [2.45, 2.75) is 26.8 Å². The highest BCUT2D eigenvalue weighted by Gasteiger charge is 2.10. The Labute approximate surface area is 171 Å². The number of para-hydroxylation sites is 1. The zero-order chi connectivity index (χ0) is 20.1. The molecule has 4 aromatic rings. The van der Waals surface area contributed by atoms with Gasteiger partial charge in [0, 0.05) is 48.5 Å². The van der Waals surface area contributed by atoms with Crippen LogP contribution in [0.2, 0.25) is 0 Å². The van der Waals surface area contributed by atoms with Gasteiger partial charge in [-0.25, -0.2) is 4.98 Å². The Morgan fingerprint density at radius 1 is 1.00 bits per heavy atom. The minimum absolute atomic E-state index is 0.686. The Morgan fingerprint density at radius 3 is 2.62 bits per heavy atom. The fourth-order valence-corrected chi connectivity index (χ4v) is 3.60. The molecule has 0 unspecified atom stereocenters. The predicted molar refractivity (Wildman–Crippen MR) is 120 cm³/mol. The lowest BCUT2D eigenvalue weighted by Gasteiger charge is -2.23. The first-order valence-electron chi connectivity index (χ1n) is 10.2. The van der Waals surface area contributed by atoms with E-state index in [0.29, 0.717) is 5.95 Å². The van der Waals surface area contributed by atoms with Crippen molar-refractivity contribution >= 4 is 22.7 Å². The van der Waals surface area contributed by atoms with Crippen molar-refractivity contribution in [2.24, 2.45) is 0 Å². The number of fused-ring (bicyclic) bond motifs is 1. The van der Waals surface area contributed by atoms with Crippen molar-refractivity contribution in [1.82, 2.24) is 15.0 Å². The SMILES string of the molecule is CCN(Cc1ccccc1)c1cc(C)nc(NCCc2c[nH]c3ccccc23)n1. The van der Waals surface area contributed by atoms with Crippen molar-refractivity contribution in [3.05, 3.63) is 83.7 Å². The Hall–Kier alpha value is -3.34. The number of nitrogens with zero attached hydrogens (tertiary/aromatic N) is 3. The molecule has 0 aliphatic rings. The average Bonchev–Trinajstić information content (AvgIpc) is 3.15. The number of hydrogen-bond donors (Lipinski definition) is 2. The quantitative estimate of drug-likeness (QED) is 0.451. The Kier molecular flexibility index (Phi) is 5.75. The molecule has 0 saturated carbocycles. The average molecular weight is 386 g/mol. The molecule has 2 N–H and O–H groups in total. The first-order valence-corrected chi connectivity index (χ1v) is 10.2. The Balaban J connectivity index is 1.44. The van der Waals surface area contributed by atoms with Gasteiger partial charge >= 0.3 is 0 Å². The minimum Gasteiger partial charge on any atom is -0.361 e. The van der Waals surface area contributed by atoms with Gasteiger partial charge < -0.3 is 15.2 Å². The number of aromatic nitrogens is 3. The minimum atomic E-state index is 0.686. The van der Waals surface area contributed by atoms with Gasteiger partial charge in [-0.3, -0.25) is 0 Å². The predicted octanol–water partition coefficient (Wildman–Crippen LogP) is 4.95. The molecule has 5 nitrogen and oxygen atoms in total. The zero-order valence-corrected chi connectivity index (χ0v) is 17.0. The lowest BCUT2D eigenvalue weighted by atomic mass is 10.1. The van der Waals surface area contributed by atoms with E-state index in [1.54, 1.807) is 0 Å². The molecule has 2 aromatic heterocycles. The van der Waals surface area contributed by atoms with Gasteiger partial charge in [-0.2, -0.15) is 4.98 Å². The summed E-state index contributed by atoms with van der Waals surface area (Å²) in [5.41, 5.74) is 4.73. The fraction of sp³-hybridized carbons (Fsp3) is 0.250. The van der Waals surface area contributed by atoms with Crippen LogP contribution in [0.1, 0.15) is 23.7 Å². The van der Waals surface area contributed by atoms with E-state index in [9.17, 15) is 0 Å². The third kappa shape index (κ3) is 4.57. The van der Waals surface area contributed by atoms with Crippen LogP contribution in [0.15, 0.2) is 66.9 Å². The van der Waals surface area contributed by atoms with E-state index in [4.69, 9.17) is 4.98 Å². The standard InChI is InChI=1S/C24H27N5/c1-3-29(17-19-9-5-4-6-10-19)23-15-18(2)27-24(28-23)25-14-13-20-16-26-22-12-8-7-11-21(20)22/h4-12,15-16,26H,3,13-14,17H2,1-2H3,(H,25,27,28). The van der Waals surface area contributed by atoms with Crippen LogP contribution in [0.3, 0.4) is 0 Å². The van der Waals surface area contributed by atoms with Crippen LogP contribution < -0.4 is 10.2 Å². The maximum absolute atomic E-state index is 4.78. The summed E-state index contributed by atoms with van der Waals surface area (Å²) >= 11 is 0. The summed E-state index contributed by atoms with van der Waals surface area (Å²) in [5, 5.41) is 4.69. The maximum Gasteiger partial charge on any atom is 0.224 e. The van der Waals surface area contributed by atoms with E-state index >= 15 is 0 Å². The first-order chi connectivity index (χ1) is 14.2. The zero-order valence-electron chi connectivity index (χ0n) is 17.0. The van der Waals surface area contributed by atoms with E-state index in [1.165, 1.54) is 22.0 Å². The fourth-order valence-electron chi connectivity index (χ4n) is 3.60. The molecule has 148 valence electrons. The second kappa shape index (κ2) is 8.78. The van der Waals surface area contributed by atoms with Gasteiger partial charge in [0.15, 0.2) is 0 Å². The number of rotatable bonds is 8. The summed E-state index contributed by atoms with van der Waals surface area (Å²) in [6, 6.07) is 20.9. The van der Waals surface area contributed by atoms with Crippen molar-refractivity contribution in [1.29, 1.82) is 0 Å². The van der Waals surface area contributed by atoms with Gasteiger partial charge in [-0.1, -0.05) is 48.5 Å². The normalized spacial score (nSPS) is 11.0. The van der Waals surface area contributed by atoms with Crippen LogP contribution in [0.4, 0.5) is 11.8 Å². The number of benzene rings is 2. The molecule has 0 aliphatic carbocycles. The van der Waals surface area contributed by atoms with Gasteiger partial charge in [-0.05, 0) is 37.5 Å². The Morgan fingerprint density at radius 2 is 1.79 bits per heavy atom. The molecular formula is C24H27N5. The summed E-state index contributed by atoms with van der Waals surface area (Å²) in [7, 11) is 0. The van der Waals surface area contributed by atoms with Crippen molar-refractivity contribution in [3.8, 4) is 0 Å². The monoisotopic (exact) mass is 385 g/mol. The number of H-pyrrole nitrogens is 1. The maximum atomic E-state index is 4.78. The van der Waals surface area contributed by atoms with Gasteiger partial charge in [0.2, 0.25) is 5.95 Å². The van der Waals surface area contributed by atoms with Crippen molar-refractivity contribution < 1.29 is 0 Å². The molecule has 0 saturated heterocycles. The highest BCUT2D eigenvalue weighted by Crippen LogP contribution is 2.19. The summed E-state index contributed by atoms with van der Waals surface area (Å²) in [6.45, 7) is 6.69. The Bertz CT molecular complexity index is 1070. The second-order valence-electron chi connectivity index (χ2n) is 7.23. The van der Waals surface area contributed by atoms with Crippen LogP contribution in [0, 0.1) is 6.92 Å². The molecule has 0 radical (unpaired) electrons. The van der Waals surface area contributed by atoms with Crippen molar-refractivity contribution in [3.63, 3.8) is 0 Å². The van der Waals surface area contributed by atoms with Crippen LogP contribution >= 0.6 is 0 Å². The van der Waals surface area contributed by atoms with Gasteiger partial charge in [0.1, 0.15) is 5.82 Å². The number of anilines is 2. The van der Waals surface area contributed by atoms with E-state index in [-0.39, 0.29) is 0 Å². The summed E-state index contributed by atoms with van der Waals surface area (Å²) in [5.74, 6) is 1.64. The lowest BCUT2D eigenvalue weighted by molar-refractivity contribution is 0.807. The van der Waals surface area contributed by atoms with Gasteiger partial charge in [-0.15, -0.1) is 0 Å². The number of hydrogen-bond acceptors (Lipinski definition) is 4. The molecule has 5 heteroatoms. The lowest BCUT2D eigenvalue weighted by Crippen LogP contribution is -2.24. The summed E-state index contributed by atoms with van der Waals surface area (Å²) in [6.07, 6.45) is 3.01. The van der Waals surface area contributed by atoms with Crippen LogP contribution in [0.5, 0.6) is 0 Å². The number of aromatic amines is 1. The molecule has 0 bridgehead atoms. The smallest absolute Gasteiger partial charge is 0.224 e. The molecular weight excluding hydrogens is 358 g/mol. The van der Waals surface area contributed by atoms with Gasteiger partial charge in [0.05, 0.1) is 0 Å². The largest absolute Gasteiger partial charge is 0.361 e. The van der Waals surface area contributed by atoms with E-state index in [1.807, 2.05) is 13.0 Å². The first kappa shape index (κ1) is 19.0. The molecule has 4 rings (SSSR count). The number of nitrogens with one attached hydrogen (secondary N) is 2. The molecule has 0 spiro atoms. The highest BCUT2D eigenvalue weighted by molar-refractivity contribution is 5.83. The molecule has 0 aliphatic heterocycles. The summed E-state index contributed by atoms with van der Waals surface area (Å²) < 4.78 is 0. The third-order valence-corrected chi connectivity index (χ3v) is 5.12. The van der Waals surface area contributed by atoms with E-state index in [2.05, 4.69) is 87.9 Å². The third-order valence-electron chi connectivity index (χ3n) is 5.12. The molecule has 0 atom stereocenters. The second-order valence-corrected chi connectivity index (χ2v) is 7.23. The number of aryl methyl sites for hydroxylation is 1. The highest BCUT2D eigenvalue weighted by atomic mass is 15.2. The molecule has 29 heavy (non-hydrogen) atoms. The molecule has 2 aromatic carbocycles. The van der Waals surface area contributed by atoms with Crippen LogP contribution in [-0.4, -0.2) is 28.0 Å². The van der Waals surface area contributed by atoms with Crippen LogP contribution in [-0.2, 0) is 13.0 Å². The molecule has 0 fully saturated rings. The molecule has 2 heterocycles. The topological polar surface area (TPSA) is 56.8 Å². The van der Waals surface area contributed by atoms with Gasteiger partial charge in [0.25, 0.3) is 0 Å². The van der Waals surface area contributed by atoms with E-state index < -0.39 is 0 Å². The van der Waals surface area contributed by atoms with Crippen LogP contribution in [0.25, 0.3) is 10.9 Å². The van der Waals surface area contributed by atoms with Crippen molar-refractivity contribution in [2.75, 3.05) is 23.3 Å². The van der Waals surface area contributed by atoms with E-state index in [0.717, 1.165) is 37.6 Å². The molecule has 0 amide bonds.